The van der Waals surface area contributed by atoms with Gasteiger partial charge in [-0.05, 0) is 19.3 Å². The van der Waals surface area contributed by atoms with Gasteiger partial charge in [-0.2, -0.15) is 0 Å². The quantitative estimate of drug-likeness (QED) is 0.793. The summed E-state index contributed by atoms with van der Waals surface area (Å²) < 4.78 is 0. The van der Waals surface area contributed by atoms with Crippen molar-refractivity contribution in [3.05, 3.63) is 0 Å². The van der Waals surface area contributed by atoms with Crippen LogP contribution < -0.4 is 5.73 Å². The molecule has 17 heavy (non-hydrogen) atoms. The van der Waals surface area contributed by atoms with E-state index in [-0.39, 0.29) is 36.8 Å². The molecule has 0 aromatic rings. The molecule has 1 saturated heterocycles. The Labute approximate surface area is 109 Å². The predicted octanol–water partition coefficient (Wildman–Crippen LogP) is 0.226. The Kier molecular flexibility index (Phi) is 7.15. The molecule has 0 spiro atoms. The van der Waals surface area contributed by atoms with E-state index in [9.17, 15) is 9.59 Å². The van der Waals surface area contributed by atoms with Crippen molar-refractivity contribution in [2.45, 2.75) is 32.2 Å². The van der Waals surface area contributed by atoms with Gasteiger partial charge in [0.15, 0.2) is 0 Å². The van der Waals surface area contributed by atoms with E-state index >= 15 is 0 Å². The second-order valence-electron chi connectivity index (χ2n) is 4.35. The second-order valence-corrected chi connectivity index (χ2v) is 4.35. The minimum Gasteiger partial charge on any atom is -0.337 e. The highest BCUT2D eigenvalue weighted by Gasteiger charge is 2.26. The second kappa shape index (κ2) is 7.50. The molecule has 6 heteroatoms. The number of likely N-dealkylation sites (N-methyl/N-ethyl adjacent to an activating group) is 1. The van der Waals surface area contributed by atoms with Crippen LogP contribution in [0.3, 0.4) is 0 Å². The molecule has 0 bridgehead atoms. The molecule has 0 aromatic carbocycles. The molecule has 1 atom stereocenters. The molecule has 0 radical (unpaired) electrons. The van der Waals surface area contributed by atoms with E-state index in [0.717, 1.165) is 25.8 Å². The molecule has 1 rings (SSSR count). The van der Waals surface area contributed by atoms with Crippen molar-refractivity contribution >= 4 is 24.2 Å². The lowest BCUT2D eigenvalue weighted by molar-refractivity contribution is -0.140. The molecule has 1 aliphatic heterocycles. The Morgan fingerprint density at radius 1 is 1.41 bits per heavy atom. The van der Waals surface area contributed by atoms with Crippen LogP contribution in [0.2, 0.25) is 0 Å². The molecule has 0 aliphatic carbocycles. The minimum atomic E-state index is -0.0883. The van der Waals surface area contributed by atoms with Gasteiger partial charge < -0.3 is 15.5 Å². The van der Waals surface area contributed by atoms with E-state index < -0.39 is 0 Å². The van der Waals surface area contributed by atoms with Gasteiger partial charge in [-0.15, -0.1) is 12.4 Å². The Morgan fingerprint density at radius 3 is 2.59 bits per heavy atom. The third kappa shape index (κ3) is 4.52. The first kappa shape index (κ1) is 16.2. The summed E-state index contributed by atoms with van der Waals surface area (Å²) in [4.78, 5) is 26.3. The van der Waals surface area contributed by atoms with Crippen molar-refractivity contribution in [3.8, 4) is 0 Å². The summed E-state index contributed by atoms with van der Waals surface area (Å²) in [6.07, 6.45) is 3.15. The lowest BCUT2D eigenvalue weighted by atomic mass is 10.0. The Balaban J connectivity index is 0.00000256. The zero-order valence-electron chi connectivity index (χ0n) is 10.5. The number of rotatable bonds is 3. The van der Waals surface area contributed by atoms with Crippen LogP contribution in [0.1, 0.15) is 26.2 Å². The summed E-state index contributed by atoms with van der Waals surface area (Å²) in [6, 6.07) is 0.154. The van der Waals surface area contributed by atoms with Crippen LogP contribution in [0.4, 0.5) is 0 Å². The van der Waals surface area contributed by atoms with Crippen molar-refractivity contribution in [2.24, 2.45) is 5.73 Å². The third-order valence-corrected chi connectivity index (χ3v) is 3.13. The summed E-state index contributed by atoms with van der Waals surface area (Å²) >= 11 is 0. The van der Waals surface area contributed by atoms with Crippen molar-refractivity contribution < 1.29 is 9.59 Å². The lowest BCUT2D eigenvalue weighted by Gasteiger charge is -2.35. The number of likely N-dealkylation sites (tertiary alicyclic amines) is 1. The van der Waals surface area contributed by atoms with Gasteiger partial charge in [0.05, 0.1) is 6.54 Å². The van der Waals surface area contributed by atoms with Gasteiger partial charge in [-0.25, -0.2) is 0 Å². The summed E-state index contributed by atoms with van der Waals surface area (Å²) in [6.45, 7) is 2.90. The summed E-state index contributed by atoms with van der Waals surface area (Å²) in [5.41, 5.74) is 5.65. The van der Waals surface area contributed by atoms with Crippen LogP contribution >= 0.6 is 12.4 Å². The molecule has 1 heterocycles. The molecular weight excluding hydrogens is 242 g/mol. The number of hydrogen-bond donors (Lipinski definition) is 1. The van der Waals surface area contributed by atoms with Crippen LogP contribution in [0.5, 0.6) is 0 Å². The maximum absolute atomic E-state index is 12.0. The fraction of sp³-hybridized carbons (Fsp3) is 0.818. The number of amides is 2. The summed E-state index contributed by atoms with van der Waals surface area (Å²) in [5, 5.41) is 0. The van der Waals surface area contributed by atoms with Crippen LogP contribution in [0, 0.1) is 0 Å². The van der Waals surface area contributed by atoms with Gasteiger partial charge in [0.2, 0.25) is 11.8 Å². The van der Waals surface area contributed by atoms with Gasteiger partial charge in [-0.1, -0.05) is 0 Å². The standard InChI is InChI=1S/C11H21N3O2.ClH/c1-9(15)13(2)8-11(16)14-6-4-3-5-10(14)7-12;/h10H,3-8,12H2,1-2H3;1H. The van der Waals surface area contributed by atoms with Crippen molar-refractivity contribution in [2.75, 3.05) is 26.7 Å². The van der Waals surface area contributed by atoms with Crippen LogP contribution in [-0.2, 0) is 9.59 Å². The lowest BCUT2D eigenvalue weighted by Crippen LogP contribution is -2.50. The first-order chi connectivity index (χ1) is 7.56. The highest BCUT2D eigenvalue weighted by molar-refractivity contribution is 5.85. The molecule has 2 amide bonds. The van der Waals surface area contributed by atoms with Crippen LogP contribution in [0.25, 0.3) is 0 Å². The average molecular weight is 264 g/mol. The zero-order valence-corrected chi connectivity index (χ0v) is 11.3. The number of halogens is 1. The first-order valence-corrected chi connectivity index (χ1v) is 5.77. The molecule has 2 N–H and O–H groups in total. The van der Waals surface area contributed by atoms with E-state index in [1.54, 1.807) is 7.05 Å². The van der Waals surface area contributed by atoms with Gasteiger partial charge in [0.25, 0.3) is 0 Å². The smallest absolute Gasteiger partial charge is 0.242 e. The number of piperidine rings is 1. The predicted molar refractivity (Wildman–Crippen MR) is 69.0 cm³/mol. The summed E-state index contributed by atoms with van der Waals surface area (Å²) in [5.74, 6) is -0.0810. The number of hydrogen-bond acceptors (Lipinski definition) is 3. The fourth-order valence-corrected chi connectivity index (χ4v) is 1.98. The van der Waals surface area contributed by atoms with Crippen LogP contribution in [0.15, 0.2) is 0 Å². The fourth-order valence-electron chi connectivity index (χ4n) is 1.98. The number of carbonyl (C=O) groups excluding carboxylic acids is 2. The number of nitrogens with two attached hydrogens (primary N) is 1. The molecule has 100 valence electrons. The molecule has 1 unspecified atom stereocenters. The van der Waals surface area contributed by atoms with Gasteiger partial charge in [-0.3, -0.25) is 9.59 Å². The normalized spacial score (nSPS) is 19.5. The highest BCUT2D eigenvalue weighted by Crippen LogP contribution is 2.16. The molecule has 1 aliphatic rings. The Morgan fingerprint density at radius 2 is 2.06 bits per heavy atom. The van der Waals surface area contributed by atoms with E-state index in [1.807, 2.05) is 4.90 Å². The first-order valence-electron chi connectivity index (χ1n) is 5.77. The Hall–Kier alpha value is -0.810. The van der Waals surface area contributed by atoms with Gasteiger partial charge >= 0.3 is 0 Å². The number of carbonyl (C=O) groups is 2. The SMILES string of the molecule is CC(=O)N(C)CC(=O)N1CCCCC1CN.Cl. The zero-order chi connectivity index (χ0) is 12.1. The Bertz CT molecular complexity index is 273. The van der Waals surface area contributed by atoms with Crippen molar-refractivity contribution in [3.63, 3.8) is 0 Å². The maximum Gasteiger partial charge on any atom is 0.242 e. The average Bonchev–Trinajstić information content (AvgIpc) is 2.28. The minimum absolute atomic E-state index is 0. The van der Waals surface area contributed by atoms with Crippen LogP contribution in [-0.4, -0.2) is 54.3 Å². The van der Waals surface area contributed by atoms with E-state index in [4.69, 9.17) is 5.73 Å². The van der Waals surface area contributed by atoms with Gasteiger partial charge in [0.1, 0.15) is 0 Å². The topological polar surface area (TPSA) is 66.6 Å². The molecular formula is C11H22ClN3O2. The van der Waals surface area contributed by atoms with E-state index in [2.05, 4.69) is 0 Å². The highest BCUT2D eigenvalue weighted by atomic mass is 35.5. The number of nitrogens with zero attached hydrogens (tertiary/aromatic N) is 2. The van der Waals surface area contributed by atoms with E-state index in [1.165, 1.54) is 11.8 Å². The largest absolute Gasteiger partial charge is 0.337 e. The molecule has 5 nitrogen and oxygen atoms in total. The van der Waals surface area contributed by atoms with Gasteiger partial charge in [0, 0.05) is 33.1 Å². The maximum atomic E-state index is 12.0. The third-order valence-electron chi connectivity index (χ3n) is 3.13. The van der Waals surface area contributed by atoms with Crippen molar-refractivity contribution in [1.82, 2.24) is 9.80 Å². The molecule has 0 saturated carbocycles. The monoisotopic (exact) mass is 263 g/mol. The molecule has 0 aromatic heterocycles. The summed E-state index contributed by atoms with van der Waals surface area (Å²) in [7, 11) is 1.64. The van der Waals surface area contributed by atoms with E-state index in [0.29, 0.717) is 6.54 Å². The molecule has 1 fully saturated rings. The van der Waals surface area contributed by atoms with Crippen molar-refractivity contribution in [1.29, 1.82) is 0 Å².